The lowest BCUT2D eigenvalue weighted by molar-refractivity contribution is -0.124. The largest absolute Gasteiger partial charge is 0.355 e. The van der Waals surface area contributed by atoms with Crippen molar-refractivity contribution in [2.75, 3.05) is 27.2 Å². The number of hydrogen-bond donors (Lipinski definition) is 1. The fourth-order valence-corrected chi connectivity index (χ4v) is 3.61. The van der Waals surface area contributed by atoms with Gasteiger partial charge >= 0.3 is 0 Å². The summed E-state index contributed by atoms with van der Waals surface area (Å²) in [4.78, 5) is 15.2. The maximum atomic E-state index is 13.0. The molecule has 0 saturated heterocycles. The van der Waals surface area contributed by atoms with Crippen LogP contribution < -0.4 is 5.32 Å². The Morgan fingerprint density at radius 2 is 1.71 bits per heavy atom. The predicted octanol–water partition coefficient (Wildman–Crippen LogP) is 2.86. The highest BCUT2D eigenvalue weighted by molar-refractivity contribution is 5.92. The van der Waals surface area contributed by atoms with Gasteiger partial charge in [-0.2, -0.15) is 0 Å². The van der Waals surface area contributed by atoms with Gasteiger partial charge in [-0.3, -0.25) is 4.79 Å². The van der Waals surface area contributed by atoms with Crippen LogP contribution in [0.25, 0.3) is 0 Å². The van der Waals surface area contributed by atoms with Crippen LogP contribution in [0.1, 0.15) is 17.5 Å². The van der Waals surface area contributed by atoms with E-state index < -0.39 is 0 Å². The van der Waals surface area contributed by atoms with Crippen molar-refractivity contribution in [3.8, 4) is 0 Å². The molecule has 0 radical (unpaired) electrons. The summed E-state index contributed by atoms with van der Waals surface area (Å²) >= 11 is 0. The SMILES string of the molecule is CN(C)CC1CC1(C(=O)NCCc1ccccc1)c1ccccc1. The second-order valence-electron chi connectivity index (χ2n) is 6.99. The molecule has 2 unspecified atom stereocenters. The van der Waals surface area contributed by atoms with E-state index in [-0.39, 0.29) is 11.3 Å². The molecule has 0 heterocycles. The first-order chi connectivity index (χ1) is 11.6. The van der Waals surface area contributed by atoms with E-state index in [1.807, 2.05) is 36.4 Å². The normalized spacial score (nSPS) is 22.4. The lowest BCUT2D eigenvalue weighted by atomic mass is 9.92. The molecule has 2 atom stereocenters. The van der Waals surface area contributed by atoms with Gasteiger partial charge in [0, 0.05) is 13.1 Å². The fourth-order valence-electron chi connectivity index (χ4n) is 3.61. The summed E-state index contributed by atoms with van der Waals surface area (Å²) in [5.74, 6) is 0.572. The first kappa shape index (κ1) is 16.7. The summed E-state index contributed by atoms with van der Waals surface area (Å²) in [6.45, 7) is 1.63. The monoisotopic (exact) mass is 322 g/mol. The van der Waals surface area contributed by atoms with Crippen LogP contribution in [0.15, 0.2) is 60.7 Å². The second-order valence-corrected chi connectivity index (χ2v) is 6.99. The van der Waals surface area contributed by atoms with Gasteiger partial charge < -0.3 is 10.2 Å². The van der Waals surface area contributed by atoms with Crippen LogP contribution in [0.3, 0.4) is 0 Å². The number of hydrogen-bond acceptors (Lipinski definition) is 2. The van der Waals surface area contributed by atoms with Crippen LogP contribution in [0.2, 0.25) is 0 Å². The number of benzene rings is 2. The minimum Gasteiger partial charge on any atom is -0.355 e. The molecule has 1 saturated carbocycles. The Hall–Kier alpha value is -2.13. The maximum absolute atomic E-state index is 13.0. The first-order valence-electron chi connectivity index (χ1n) is 8.65. The molecule has 0 aliphatic heterocycles. The van der Waals surface area contributed by atoms with Gasteiger partial charge in [-0.25, -0.2) is 0 Å². The topological polar surface area (TPSA) is 32.3 Å². The Morgan fingerprint density at radius 3 is 2.33 bits per heavy atom. The number of nitrogens with zero attached hydrogens (tertiary/aromatic N) is 1. The van der Waals surface area contributed by atoms with Crippen LogP contribution in [0.5, 0.6) is 0 Å². The van der Waals surface area contributed by atoms with Gasteiger partial charge in [0.1, 0.15) is 0 Å². The standard InChI is InChI=1S/C21H26N2O/c1-23(2)16-19-15-21(19,18-11-7-4-8-12-18)20(24)22-14-13-17-9-5-3-6-10-17/h3-12,19H,13-16H2,1-2H3,(H,22,24). The molecule has 0 aromatic heterocycles. The third kappa shape index (κ3) is 3.51. The summed E-state index contributed by atoms with van der Waals surface area (Å²) in [7, 11) is 4.14. The van der Waals surface area contributed by atoms with E-state index in [9.17, 15) is 4.79 Å². The number of rotatable bonds is 7. The molecular formula is C21H26N2O. The van der Waals surface area contributed by atoms with Crippen molar-refractivity contribution in [1.29, 1.82) is 0 Å². The van der Waals surface area contributed by atoms with Crippen LogP contribution >= 0.6 is 0 Å². The smallest absolute Gasteiger partial charge is 0.231 e. The Balaban J connectivity index is 1.67. The molecular weight excluding hydrogens is 296 g/mol. The van der Waals surface area contributed by atoms with E-state index in [4.69, 9.17) is 0 Å². The van der Waals surface area contributed by atoms with Crippen molar-refractivity contribution in [2.45, 2.75) is 18.3 Å². The summed E-state index contributed by atoms with van der Waals surface area (Å²) in [6, 6.07) is 20.5. The van der Waals surface area contributed by atoms with Gasteiger partial charge in [0.2, 0.25) is 5.91 Å². The highest BCUT2D eigenvalue weighted by Gasteiger charge is 2.60. The second kappa shape index (κ2) is 7.18. The van der Waals surface area contributed by atoms with Crippen molar-refractivity contribution in [1.82, 2.24) is 10.2 Å². The minimum atomic E-state index is -0.345. The Labute approximate surface area is 144 Å². The van der Waals surface area contributed by atoms with Gasteiger partial charge in [-0.1, -0.05) is 60.7 Å². The molecule has 1 N–H and O–H groups in total. The van der Waals surface area contributed by atoms with Gasteiger partial charge in [-0.15, -0.1) is 0 Å². The van der Waals surface area contributed by atoms with Crippen LogP contribution in [-0.2, 0) is 16.6 Å². The lowest BCUT2D eigenvalue weighted by Gasteiger charge is -2.20. The molecule has 1 amide bonds. The Morgan fingerprint density at radius 1 is 1.08 bits per heavy atom. The van der Waals surface area contributed by atoms with Crippen molar-refractivity contribution in [3.05, 3.63) is 71.8 Å². The number of amides is 1. The summed E-state index contributed by atoms with van der Waals surface area (Å²) < 4.78 is 0. The van der Waals surface area contributed by atoms with Crippen molar-refractivity contribution in [3.63, 3.8) is 0 Å². The van der Waals surface area contributed by atoms with E-state index in [1.54, 1.807) is 0 Å². The van der Waals surface area contributed by atoms with Crippen molar-refractivity contribution >= 4 is 5.91 Å². The van der Waals surface area contributed by atoms with Crippen LogP contribution in [0, 0.1) is 5.92 Å². The molecule has 1 aliphatic carbocycles. The number of carbonyl (C=O) groups excluding carboxylic acids is 1. The molecule has 2 aromatic rings. The molecule has 3 heteroatoms. The van der Waals surface area contributed by atoms with Gasteiger partial charge in [0.25, 0.3) is 0 Å². The third-order valence-corrected chi connectivity index (χ3v) is 4.93. The Bertz CT molecular complexity index is 669. The van der Waals surface area contributed by atoms with E-state index in [1.165, 1.54) is 5.56 Å². The molecule has 0 bridgehead atoms. The first-order valence-corrected chi connectivity index (χ1v) is 8.65. The zero-order valence-corrected chi connectivity index (χ0v) is 14.5. The average molecular weight is 322 g/mol. The minimum absolute atomic E-state index is 0.177. The Kier molecular flexibility index (Phi) is 5.00. The molecule has 24 heavy (non-hydrogen) atoms. The molecule has 126 valence electrons. The van der Waals surface area contributed by atoms with Crippen molar-refractivity contribution in [2.24, 2.45) is 5.92 Å². The van der Waals surface area contributed by atoms with Crippen LogP contribution in [-0.4, -0.2) is 38.0 Å². The average Bonchev–Trinajstić information content (AvgIpc) is 3.31. The summed E-state index contributed by atoms with van der Waals surface area (Å²) in [5.41, 5.74) is 2.06. The molecule has 3 nitrogen and oxygen atoms in total. The molecule has 1 fully saturated rings. The van der Waals surface area contributed by atoms with E-state index in [0.29, 0.717) is 12.5 Å². The van der Waals surface area contributed by atoms with E-state index in [2.05, 4.69) is 48.6 Å². The fraction of sp³-hybridized carbons (Fsp3) is 0.381. The van der Waals surface area contributed by atoms with Gasteiger partial charge in [0.15, 0.2) is 0 Å². The molecule has 1 aliphatic rings. The van der Waals surface area contributed by atoms with Crippen molar-refractivity contribution < 1.29 is 4.79 Å². The summed E-state index contributed by atoms with van der Waals surface area (Å²) in [6.07, 6.45) is 1.81. The van der Waals surface area contributed by atoms with Crippen LogP contribution in [0.4, 0.5) is 0 Å². The third-order valence-electron chi connectivity index (χ3n) is 4.93. The van der Waals surface area contributed by atoms with Gasteiger partial charge in [-0.05, 0) is 44.0 Å². The highest BCUT2D eigenvalue weighted by Crippen LogP contribution is 2.54. The molecule has 0 spiro atoms. The zero-order valence-electron chi connectivity index (χ0n) is 14.5. The number of nitrogens with one attached hydrogen (secondary N) is 1. The predicted molar refractivity (Wildman–Crippen MR) is 97.9 cm³/mol. The van der Waals surface area contributed by atoms with E-state index in [0.717, 1.165) is 24.9 Å². The van der Waals surface area contributed by atoms with Gasteiger partial charge in [0.05, 0.1) is 5.41 Å². The lowest BCUT2D eigenvalue weighted by Crippen LogP contribution is -2.38. The quantitative estimate of drug-likeness (QED) is 0.850. The molecule has 3 rings (SSSR count). The van der Waals surface area contributed by atoms with E-state index >= 15 is 0 Å². The zero-order chi connectivity index (χ0) is 17.0. The highest BCUT2D eigenvalue weighted by atomic mass is 16.2. The summed E-state index contributed by atoms with van der Waals surface area (Å²) in [5, 5.41) is 3.18. The number of carbonyl (C=O) groups is 1. The maximum Gasteiger partial charge on any atom is 0.231 e. The molecule has 2 aromatic carbocycles.